The van der Waals surface area contributed by atoms with Crippen LogP contribution in [0.15, 0.2) is 79.1 Å². The van der Waals surface area contributed by atoms with E-state index in [9.17, 15) is 35.9 Å². The van der Waals surface area contributed by atoms with Crippen LogP contribution in [-0.2, 0) is 12.4 Å². The highest BCUT2D eigenvalue weighted by Crippen LogP contribution is 2.32. The predicted molar refractivity (Wildman–Crippen MR) is 128 cm³/mol. The number of H-pyrrole nitrogens is 1. The van der Waals surface area contributed by atoms with Gasteiger partial charge in [-0.2, -0.15) is 31.4 Å². The second-order valence-electron chi connectivity index (χ2n) is 8.14. The van der Waals surface area contributed by atoms with Crippen LogP contribution in [0, 0.1) is 0 Å². The summed E-state index contributed by atoms with van der Waals surface area (Å²) in [7, 11) is 0. The summed E-state index contributed by atoms with van der Waals surface area (Å²) >= 11 is 0. The van der Waals surface area contributed by atoms with Crippen molar-refractivity contribution in [1.82, 2.24) is 20.5 Å². The van der Waals surface area contributed by atoms with Gasteiger partial charge in [0.05, 0.1) is 11.1 Å². The Labute approximate surface area is 216 Å². The molecule has 4 aromatic rings. The Hall–Kier alpha value is -4.88. The smallest absolute Gasteiger partial charge is 0.324 e. The van der Waals surface area contributed by atoms with Crippen LogP contribution in [0.1, 0.15) is 38.9 Å². The van der Waals surface area contributed by atoms with Gasteiger partial charge in [0.25, 0.3) is 5.91 Å². The highest BCUT2D eigenvalue weighted by atomic mass is 19.4. The molecule has 3 amide bonds. The molecule has 39 heavy (non-hydrogen) atoms. The van der Waals surface area contributed by atoms with Crippen molar-refractivity contribution >= 4 is 23.3 Å². The Kier molecular flexibility index (Phi) is 7.56. The average Bonchev–Trinajstić information content (AvgIpc) is 3.41. The van der Waals surface area contributed by atoms with Crippen molar-refractivity contribution in [1.29, 1.82) is 0 Å². The highest BCUT2D eigenvalue weighted by molar-refractivity contribution is 6.05. The van der Waals surface area contributed by atoms with Gasteiger partial charge in [0.2, 0.25) is 0 Å². The number of hydrogen-bond acceptors (Lipinski definition) is 4. The van der Waals surface area contributed by atoms with Crippen LogP contribution in [-0.4, -0.2) is 27.1 Å². The molecule has 1 atom stereocenters. The van der Waals surface area contributed by atoms with Crippen molar-refractivity contribution in [2.75, 3.05) is 10.6 Å². The molecule has 4 rings (SSSR count). The zero-order valence-corrected chi connectivity index (χ0v) is 19.6. The van der Waals surface area contributed by atoms with E-state index in [0.717, 1.165) is 36.7 Å². The number of amides is 3. The van der Waals surface area contributed by atoms with E-state index in [4.69, 9.17) is 0 Å². The molecule has 0 bridgehead atoms. The second-order valence-corrected chi connectivity index (χ2v) is 8.14. The zero-order chi connectivity index (χ0) is 28.2. The molecule has 1 aromatic heterocycles. The molecular formula is C25H18F6N6O2. The minimum absolute atomic E-state index is 0.0230. The lowest BCUT2D eigenvalue weighted by molar-refractivity contribution is -0.138. The molecule has 0 aliphatic carbocycles. The molecular weight excluding hydrogens is 530 g/mol. The number of urea groups is 1. The lowest BCUT2D eigenvalue weighted by Gasteiger charge is -2.19. The third-order valence-corrected chi connectivity index (χ3v) is 5.36. The van der Waals surface area contributed by atoms with Gasteiger partial charge in [0.15, 0.2) is 5.82 Å². The lowest BCUT2D eigenvalue weighted by Crippen LogP contribution is -2.34. The standard InChI is InChI=1S/C25H18F6N6O2/c26-24(27,28)16-6-1-4-14(10-16)20(21-32-13-33-37-21)36-23(39)35-18-8-2-5-15(11-18)22(38)34-19-9-3-7-17(12-19)25(29,30)31/h1-13,20H,(H,34,38)(H,32,33,37)(H2,35,36,39). The molecule has 0 fully saturated rings. The normalized spacial score (nSPS) is 12.5. The van der Waals surface area contributed by atoms with E-state index in [1.54, 1.807) is 0 Å². The third kappa shape index (κ3) is 6.91. The van der Waals surface area contributed by atoms with Crippen molar-refractivity contribution < 1.29 is 35.9 Å². The summed E-state index contributed by atoms with van der Waals surface area (Å²) in [5.74, 6) is -0.666. The van der Waals surface area contributed by atoms with E-state index >= 15 is 0 Å². The number of nitrogens with zero attached hydrogens (tertiary/aromatic N) is 2. The SMILES string of the molecule is O=C(Nc1cccc(C(=O)Nc2cccc(C(F)(F)F)c2)c1)NC(c1cccc(C(F)(F)F)c1)c1ncn[nH]1. The van der Waals surface area contributed by atoms with Crippen molar-refractivity contribution in [3.63, 3.8) is 0 Å². The first-order valence-electron chi connectivity index (χ1n) is 11.1. The molecule has 1 unspecified atom stereocenters. The van der Waals surface area contributed by atoms with Crippen LogP contribution in [0.2, 0.25) is 0 Å². The third-order valence-electron chi connectivity index (χ3n) is 5.36. The molecule has 3 aromatic carbocycles. The largest absolute Gasteiger partial charge is 0.416 e. The van der Waals surface area contributed by atoms with E-state index in [0.29, 0.717) is 0 Å². The van der Waals surface area contributed by atoms with Gasteiger partial charge in [-0.15, -0.1) is 0 Å². The average molecular weight is 548 g/mol. The van der Waals surface area contributed by atoms with E-state index in [1.807, 2.05) is 0 Å². The second kappa shape index (κ2) is 10.8. The molecule has 4 N–H and O–H groups in total. The number of rotatable bonds is 6. The summed E-state index contributed by atoms with van der Waals surface area (Å²) < 4.78 is 78.5. The minimum atomic E-state index is -4.61. The summed E-state index contributed by atoms with van der Waals surface area (Å²) in [5, 5.41) is 13.5. The van der Waals surface area contributed by atoms with E-state index in [1.165, 1.54) is 42.5 Å². The highest BCUT2D eigenvalue weighted by Gasteiger charge is 2.32. The number of aromatic nitrogens is 3. The maximum absolute atomic E-state index is 13.2. The summed E-state index contributed by atoms with van der Waals surface area (Å²) in [5.41, 5.74) is -1.71. The van der Waals surface area contributed by atoms with E-state index < -0.39 is 41.5 Å². The fraction of sp³-hybridized carbons (Fsp3) is 0.120. The quantitative estimate of drug-likeness (QED) is 0.221. The molecule has 8 nitrogen and oxygen atoms in total. The molecule has 0 saturated carbocycles. The minimum Gasteiger partial charge on any atom is -0.324 e. The van der Waals surface area contributed by atoms with Crippen LogP contribution >= 0.6 is 0 Å². The Bertz CT molecular complexity index is 1470. The number of aromatic amines is 1. The summed E-state index contributed by atoms with van der Waals surface area (Å²) in [6.45, 7) is 0. The van der Waals surface area contributed by atoms with Crippen LogP contribution in [0.25, 0.3) is 0 Å². The summed E-state index contributed by atoms with van der Waals surface area (Å²) in [4.78, 5) is 29.3. The fourth-order valence-corrected chi connectivity index (χ4v) is 3.57. The molecule has 1 heterocycles. The van der Waals surface area contributed by atoms with Gasteiger partial charge in [-0.05, 0) is 54.1 Å². The molecule has 0 saturated heterocycles. The van der Waals surface area contributed by atoms with Crippen molar-refractivity contribution in [3.05, 3.63) is 107 Å². The van der Waals surface area contributed by atoms with E-state index in [-0.39, 0.29) is 28.3 Å². The first-order chi connectivity index (χ1) is 18.4. The van der Waals surface area contributed by atoms with Crippen molar-refractivity contribution in [2.45, 2.75) is 18.4 Å². The summed E-state index contributed by atoms with van der Waals surface area (Å²) in [6, 6.07) is 11.9. The number of benzene rings is 3. The number of carbonyl (C=O) groups excluding carboxylic acids is 2. The molecule has 0 aliphatic heterocycles. The van der Waals surface area contributed by atoms with E-state index in [2.05, 4.69) is 31.1 Å². The van der Waals surface area contributed by atoms with Gasteiger partial charge < -0.3 is 16.0 Å². The summed E-state index contributed by atoms with van der Waals surface area (Å²) in [6.07, 6.45) is -8.07. The van der Waals surface area contributed by atoms with Gasteiger partial charge in [-0.3, -0.25) is 9.89 Å². The number of anilines is 2. The molecule has 0 radical (unpaired) electrons. The Morgan fingerprint density at radius 3 is 2.03 bits per heavy atom. The van der Waals surface area contributed by atoms with Crippen molar-refractivity contribution in [3.8, 4) is 0 Å². The molecule has 14 heteroatoms. The monoisotopic (exact) mass is 548 g/mol. The first-order valence-corrected chi connectivity index (χ1v) is 11.1. The van der Waals surface area contributed by atoms with Gasteiger partial charge in [-0.25, -0.2) is 9.78 Å². The Morgan fingerprint density at radius 2 is 1.38 bits per heavy atom. The Morgan fingerprint density at radius 1 is 0.769 bits per heavy atom. The number of carbonyl (C=O) groups is 2. The number of hydrogen-bond donors (Lipinski definition) is 4. The zero-order valence-electron chi connectivity index (χ0n) is 19.6. The van der Waals surface area contributed by atoms with Crippen LogP contribution < -0.4 is 16.0 Å². The van der Waals surface area contributed by atoms with Crippen molar-refractivity contribution in [2.24, 2.45) is 0 Å². The maximum atomic E-state index is 13.2. The van der Waals surface area contributed by atoms with Crippen LogP contribution in [0.5, 0.6) is 0 Å². The van der Waals surface area contributed by atoms with Gasteiger partial charge in [0.1, 0.15) is 12.4 Å². The molecule has 0 aliphatic rings. The lowest BCUT2D eigenvalue weighted by atomic mass is 10.0. The van der Waals surface area contributed by atoms with Crippen LogP contribution in [0.3, 0.4) is 0 Å². The first kappa shape index (κ1) is 27.2. The van der Waals surface area contributed by atoms with Gasteiger partial charge in [0, 0.05) is 16.9 Å². The van der Waals surface area contributed by atoms with Gasteiger partial charge in [-0.1, -0.05) is 24.3 Å². The number of alkyl halides is 6. The fourth-order valence-electron chi connectivity index (χ4n) is 3.57. The number of nitrogens with one attached hydrogen (secondary N) is 4. The topological polar surface area (TPSA) is 112 Å². The predicted octanol–water partition coefficient (Wildman–Crippen LogP) is 6.01. The number of halogens is 6. The van der Waals surface area contributed by atoms with Crippen LogP contribution in [0.4, 0.5) is 42.5 Å². The van der Waals surface area contributed by atoms with Gasteiger partial charge >= 0.3 is 18.4 Å². The Balaban J connectivity index is 1.49. The molecule has 0 spiro atoms. The maximum Gasteiger partial charge on any atom is 0.416 e. The molecule has 202 valence electrons.